The molecule has 0 radical (unpaired) electrons. The highest BCUT2D eigenvalue weighted by molar-refractivity contribution is 5.91. The van der Waals surface area contributed by atoms with Gasteiger partial charge >= 0.3 is 0 Å². The molecule has 2 rings (SSSR count). The summed E-state index contributed by atoms with van der Waals surface area (Å²) in [6.07, 6.45) is 0.561. The molecule has 1 aromatic heterocycles. The van der Waals surface area contributed by atoms with Crippen LogP contribution in [0.5, 0.6) is 17.2 Å². The summed E-state index contributed by atoms with van der Waals surface area (Å²) in [5.74, 6) is 1.27. The molecule has 0 aliphatic rings. The van der Waals surface area contributed by atoms with Gasteiger partial charge in [-0.25, -0.2) is 5.10 Å². The fourth-order valence-electron chi connectivity index (χ4n) is 2.16. The molecule has 0 aliphatic carbocycles. The van der Waals surface area contributed by atoms with Crippen LogP contribution in [0.1, 0.15) is 16.1 Å². The maximum atomic E-state index is 11.9. The lowest BCUT2D eigenvalue weighted by Gasteiger charge is -2.14. The van der Waals surface area contributed by atoms with Gasteiger partial charge in [-0.05, 0) is 30.2 Å². The van der Waals surface area contributed by atoms with Crippen molar-refractivity contribution in [2.75, 3.05) is 27.9 Å². The normalized spacial score (nSPS) is 10.1. The van der Waals surface area contributed by atoms with Crippen molar-refractivity contribution >= 4 is 5.91 Å². The molecule has 8 heteroatoms. The molecule has 0 fully saturated rings. The highest BCUT2D eigenvalue weighted by atomic mass is 16.5. The van der Waals surface area contributed by atoms with Crippen molar-refractivity contribution in [3.8, 4) is 17.2 Å². The summed E-state index contributed by atoms with van der Waals surface area (Å²) < 4.78 is 15.8. The molecule has 0 atom stereocenters. The standard InChI is InChI=1S/C16H19N3O5/c1-22-12-8-10(9-13(23-2)15(12)24-3)6-7-17-16(21)11-4-5-14(20)19-18-11/h4-5,8-9H,6-7H2,1-3H3,(H,17,21)(H,19,20). The molecular weight excluding hydrogens is 314 g/mol. The van der Waals surface area contributed by atoms with Gasteiger partial charge in [0, 0.05) is 12.6 Å². The predicted octanol–water partition coefficient (Wildman–Crippen LogP) is 0.768. The highest BCUT2D eigenvalue weighted by Crippen LogP contribution is 2.38. The summed E-state index contributed by atoms with van der Waals surface area (Å²) in [5, 5.41) is 8.63. The lowest BCUT2D eigenvalue weighted by molar-refractivity contribution is 0.0948. The number of rotatable bonds is 7. The average Bonchev–Trinajstić information content (AvgIpc) is 2.61. The maximum Gasteiger partial charge on any atom is 0.271 e. The third-order valence-electron chi connectivity index (χ3n) is 3.34. The smallest absolute Gasteiger partial charge is 0.271 e. The van der Waals surface area contributed by atoms with E-state index in [4.69, 9.17) is 14.2 Å². The van der Waals surface area contributed by atoms with E-state index in [1.54, 1.807) is 14.2 Å². The summed E-state index contributed by atoms with van der Waals surface area (Å²) in [6.45, 7) is 0.387. The minimum absolute atomic E-state index is 0.152. The maximum absolute atomic E-state index is 11.9. The molecule has 0 saturated heterocycles. The second kappa shape index (κ2) is 8.00. The summed E-state index contributed by atoms with van der Waals surface area (Å²) in [4.78, 5) is 22.9. The van der Waals surface area contributed by atoms with Gasteiger partial charge < -0.3 is 19.5 Å². The molecule has 0 saturated carbocycles. The van der Waals surface area contributed by atoms with Gasteiger partial charge in [-0.15, -0.1) is 0 Å². The third kappa shape index (κ3) is 4.03. The Morgan fingerprint density at radius 1 is 1.12 bits per heavy atom. The van der Waals surface area contributed by atoms with Gasteiger partial charge in [0.15, 0.2) is 11.5 Å². The van der Waals surface area contributed by atoms with Crippen LogP contribution >= 0.6 is 0 Å². The van der Waals surface area contributed by atoms with E-state index in [9.17, 15) is 9.59 Å². The SMILES string of the molecule is COc1cc(CCNC(=O)c2ccc(=O)[nH]n2)cc(OC)c1OC. The minimum Gasteiger partial charge on any atom is -0.493 e. The van der Waals surface area contributed by atoms with Crippen molar-refractivity contribution in [1.29, 1.82) is 0 Å². The van der Waals surface area contributed by atoms with Crippen LogP contribution < -0.4 is 25.1 Å². The number of nitrogens with zero attached hydrogens (tertiary/aromatic N) is 1. The lowest BCUT2D eigenvalue weighted by atomic mass is 10.1. The van der Waals surface area contributed by atoms with Crippen molar-refractivity contribution in [3.63, 3.8) is 0 Å². The predicted molar refractivity (Wildman–Crippen MR) is 87.0 cm³/mol. The van der Waals surface area contributed by atoms with Gasteiger partial charge in [0.1, 0.15) is 5.69 Å². The first kappa shape index (κ1) is 17.3. The van der Waals surface area contributed by atoms with E-state index < -0.39 is 0 Å². The number of ether oxygens (including phenoxy) is 3. The summed E-state index contributed by atoms with van der Waals surface area (Å²) in [7, 11) is 4.63. The first-order chi connectivity index (χ1) is 11.6. The van der Waals surface area contributed by atoms with Gasteiger partial charge in [-0.3, -0.25) is 9.59 Å². The van der Waals surface area contributed by atoms with Gasteiger partial charge in [0.2, 0.25) is 5.75 Å². The topological polar surface area (TPSA) is 103 Å². The average molecular weight is 333 g/mol. The molecule has 0 unspecified atom stereocenters. The molecular formula is C16H19N3O5. The zero-order valence-electron chi connectivity index (χ0n) is 13.7. The molecule has 1 heterocycles. The highest BCUT2D eigenvalue weighted by Gasteiger charge is 2.13. The van der Waals surface area contributed by atoms with E-state index in [1.807, 2.05) is 12.1 Å². The van der Waals surface area contributed by atoms with Crippen LogP contribution in [0, 0.1) is 0 Å². The Hall–Kier alpha value is -3.03. The van der Waals surface area contributed by atoms with Crippen molar-refractivity contribution in [2.24, 2.45) is 0 Å². The molecule has 8 nitrogen and oxygen atoms in total. The van der Waals surface area contributed by atoms with Crippen LogP contribution in [0.3, 0.4) is 0 Å². The van der Waals surface area contributed by atoms with Crippen LogP contribution in [-0.4, -0.2) is 44.0 Å². The van der Waals surface area contributed by atoms with E-state index in [-0.39, 0.29) is 17.2 Å². The fraction of sp³-hybridized carbons (Fsp3) is 0.312. The zero-order valence-corrected chi connectivity index (χ0v) is 13.7. The number of carbonyl (C=O) groups excluding carboxylic acids is 1. The summed E-state index contributed by atoms with van der Waals surface area (Å²) >= 11 is 0. The number of aromatic nitrogens is 2. The molecule has 2 N–H and O–H groups in total. The molecule has 24 heavy (non-hydrogen) atoms. The third-order valence-corrected chi connectivity index (χ3v) is 3.34. The van der Waals surface area contributed by atoms with Gasteiger partial charge in [-0.1, -0.05) is 0 Å². The van der Waals surface area contributed by atoms with Crippen LogP contribution in [0.15, 0.2) is 29.1 Å². The molecule has 128 valence electrons. The Kier molecular flexibility index (Phi) is 5.78. The Labute approximate surface area is 138 Å². The van der Waals surface area contributed by atoms with E-state index in [0.717, 1.165) is 5.56 Å². The van der Waals surface area contributed by atoms with E-state index in [0.29, 0.717) is 30.2 Å². The monoisotopic (exact) mass is 333 g/mol. The molecule has 2 aromatic rings. The Morgan fingerprint density at radius 2 is 1.79 bits per heavy atom. The number of amides is 1. The Balaban J connectivity index is 2.02. The van der Waals surface area contributed by atoms with E-state index in [2.05, 4.69) is 15.5 Å². The quantitative estimate of drug-likeness (QED) is 0.776. The number of nitrogens with one attached hydrogen (secondary N) is 2. The van der Waals surface area contributed by atoms with Crippen molar-refractivity contribution in [2.45, 2.75) is 6.42 Å². The number of hydrogen-bond donors (Lipinski definition) is 2. The summed E-state index contributed by atoms with van der Waals surface area (Å²) in [6, 6.07) is 6.27. The largest absolute Gasteiger partial charge is 0.493 e. The van der Waals surface area contributed by atoms with Crippen molar-refractivity contribution in [3.05, 3.63) is 45.9 Å². The van der Waals surface area contributed by atoms with Crippen LogP contribution in [0.4, 0.5) is 0 Å². The zero-order chi connectivity index (χ0) is 17.5. The number of carbonyl (C=O) groups is 1. The Morgan fingerprint density at radius 3 is 2.29 bits per heavy atom. The minimum atomic E-state index is -0.362. The lowest BCUT2D eigenvalue weighted by Crippen LogP contribution is -2.27. The van der Waals surface area contributed by atoms with Crippen molar-refractivity contribution in [1.82, 2.24) is 15.5 Å². The van der Waals surface area contributed by atoms with E-state index >= 15 is 0 Å². The number of aromatic amines is 1. The van der Waals surface area contributed by atoms with Crippen molar-refractivity contribution < 1.29 is 19.0 Å². The molecule has 0 bridgehead atoms. The van der Waals surface area contributed by atoms with Gasteiger partial charge in [0.25, 0.3) is 11.5 Å². The second-order valence-electron chi connectivity index (χ2n) is 4.85. The Bertz CT molecular complexity index is 727. The second-order valence-corrected chi connectivity index (χ2v) is 4.85. The molecule has 0 spiro atoms. The first-order valence-corrected chi connectivity index (χ1v) is 7.22. The van der Waals surface area contributed by atoms with Gasteiger partial charge in [-0.2, -0.15) is 5.10 Å². The number of H-pyrrole nitrogens is 1. The molecule has 1 aromatic carbocycles. The van der Waals surface area contributed by atoms with Crippen LogP contribution in [0.25, 0.3) is 0 Å². The number of methoxy groups -OCH3 is 3. The molecule has 0 aliphatic heterocycles. The number of hydrogen-bond acceptors (Lipinski definition) is 6. The van der Waals surface area contributed by atoms with Gasteiger partial charge in [0.05, 0.1) is 21.3 Å². The molecule has 1 amide bonds. The van der Waals surface area contributed by atoms with Crippen LogP contribution in [0.2, 0.25) is 0 Å². The summed E-state index contributed by atoms with van der Waals surface area (Å²) in [5.41, 5.74) is 0.711. The van der Waals surface area contributed by atoms with Crippen LogP contribution in [-0.2, 0) is 6.42 Å². The number of benzene rings is 1. The van der Waals surface area contributed by atoms with E-state index in [1.165, 1.54) is 19.2 Å². The first-order valence-electron chi connectivity index (χ1n) is 7.22. The fourth-order valence-corrected chi connectivity index (χ4v) is 2.16.